The molecule has 0 aliphatic heterocycles. The van der Waals surface area contributed by atoms with Crippen LogP contribution in [0.1, 0.15) is 19.4 Å². The van der Waals surface area contributed by atoms with Crippen LogP contribution in [0.25, 0.3) is 0 Å². The number of nitrogens with zero attached hydrogens (tertiary/aromatic N) is 1. The molecule has 10 heteroatoms. The summed E-state index contributed by atoms with van der Waals surface area (Å²) in [7, 11) is 0. The van der Waals surface area contributed by atoms with E-state index >= 15 is 0 Å². The Morgan fingerprint density at radius 1 is 1.36 bits per heavy atom. The zero-order valence-corrected chi connectivity index (χ0v) is 13.6. The third kappa shape index (κ3) is 8.26. The monoisotopic (exact) mass is 363 g/mol. The summed E-state index contributed by atoms with van der Waals surface area (Å²) in [6.45, 7) is 1.59. The fraction of sp³-hybridized carbons (Fsp3) is 0.500. The molecule has 0 spiro atoms. The van der Waals surface area contributed by atoms with Crippen molar-refractivity contribution in [1.29, 1.82) is 0 Å². The lowest BCUT2D eigenvalue weighted by molar-refractivity contribution is -0.154. The minimum atomic E-state index is -4.45. The molecule has 0 unspecified atom stereocenters. The van der Waals surface area contributed by atoms with E-state index in [9.17, 15) is 18.0 Å². The Labute approximate surface area is 138 Å². The summed E-state index contributed by atoms with van der Waals surface area (Å²) in [4.78, 5) is 15.3. The first kappa shape index (κ1) is 23.0. The van der Waals surface area contributed by atoms with Crippen molar-refractivity contribution in [2.24, 2.45) is 5.73 Å². The van der Waals surface area contributed by atoms with E-state index in [0.29, 0.717) is 5.56 Å². The number of nitrogens with two attached hydrogens (primary N) is 1. The van der Waals surface area contributed by atoms with Gasteiger partial charge in [-0.15, -0.1) is 24.8 Å². The first-order valence-electron chi connectivity index (χ1n) is 5.80. The van der Waals surface area contributed by atoms with Gasteiger partial charge < -0.3 is 15.8 Å². The average Bonchev–Trinajstić information content (AvgIpc) is 2.32. The van der Waals surface area contributed by atoms with Gasteiger partial charge in [0.2, 0.25) is 11.8 Å². The van der Waals surface area contributed by atoms with Crippen molar-refractivity contribution in [3.05, 3.63) is 23.9 Å². The summed E-state index contributed by atoms with van der Waals surface area (Å²) in [6.07, 6.45) is -3.14. The van der Waals surface area contributed by atoms with Gasteiger partial charge in [-0.05, 0) is 19.9 Å². The molecule has 0 saturated carbocycles. The van der Waals surface area contributed by atoms with Gasteiger partial charge in [0.15, 0.2) is 6.61 Å². The van der Waals surface area contributed by atoms with Gasteiger partial charge in [-0.3, -0.25) is 4.79 Å². The predicted octanol–water partition coefficient (Wildman–Crippen LogP) is 2.22. The van der Waals surface area contributed by atoms with Crippen molar-refractivity contribution in [2.45, 2.75) is 32.1 Å². The predicted molar refractivity (Wildman–Crippen MR) is 80.4 cm³/mol. The molecule has 3 N–H and O–H groups in total. The molecule has 5 nitrogen and oxygen atoms in total. The van der Waals surface area contributed by atoms with Gasteiger partial charge in [0, 0.05) is 18.3 Å². The quantitative estimate of drug-likeness (QED) is 0.840. The molecule has 1 amide bonds. The summed E-state index contributed by atoms with van der Waals surface area (Å²) in [5, 5.41) is 2.51. The maximum Gasteiger partial charge on any atom is 0.422 e. The van der Waals surface area contributed by atoms with Crippen LogP contribution in [0, 0.1) is 0 Å². The van der Waals surface area contributed by atoms with Gasteiger partial charge >= 0.3 is 6.18 Å². The third-order valence-corrected chi connectivity index (χ3v) is 2.25. The zero-order chi connectivity index (χ0) is 15.4. The fourth-order valence-electron chi connectivity index (χ4n) is 1.24. The normalized spacial score (nSPS) is 11.0. The minimum absolute atomic E-state index is 0. The largest absolute Gasteiger partial charge is 0.468 e. The first-order valence-corrected chi connectivity index (χ1v) is 5.80. The van der Waals surface area contributed by atoms with Crippen molar-refractivity contribution < 1.29 is 22.7 Å². The summed E-state index contributed by atoms with van der Waals surface area (Å²) in [5.41, 5.74) is 4.86. The number of hydrogen-bond acceptors (Lipinski definition) is 4. The highest BCUT2D eigenvalue weighted by Crippen LogP contribution is 2.19. The number of halogens is 5. The number of pyridine rings is 1. The molecule has 0 aliphatic rings. The Hall–Kier alpha value is -1.25. The van der Waals surface area contributed by atoms with E-state index in [0.717, 1.165) is 0 Å². The minimum Gasteiger partial charge on any atom is -0.468 e. The highest BCUT2D eigenvalue weighted by molar-refractivity contribution is 5.86. The average molecular weight is 364 g/mol. The second-order valence-electron chi connectivity index (χ2n) is 4.78. The molecule has 1 aromatic heterocycles. The Kier molecular flexibility index (Phi) is 9.44. The third-order valence-electron chi connectivity index (χ3n) is 2.25. The highest BCUT2D eigenvalue weighted by atomic mass is 35.5. The number of ether oxygens (including phenoxy) is 1. The molecule has 0 bridgehead atoms. The Morgan fingerprint density at radius 2 is 1.95 bits per heavy atom. The molecule has 0 aromatic carbocycles. The van der Waals surface area contributed by atoms with Gasteiger partial charge in [-0.2, -0.15) is 13.2 Å². The SMILES string of the molecule is CC(C)(N)C(=O)NCc1cccnc1OCC(F)(F)F.Cl.Cl. The van der Waals surface area contributed by atoms with Crippen LogP contribution in [-0.4, -0.2) is 29.2 Å². The van der Waals surface area contributed by atoms with E-state index in [2.05, 4.69) is 15.0 Å². The van der Waals surface area contributed by atoms with Crippen molar-refractivity contribution in [3.63, 3.8) is 0 Å². The van der Waals surface area contributed by atoms with Gasteiger partial charge in [0.05, 0.1) is 5.54 Å². The number of carbonyl (C=O) groups is 1. The van der Waals surface area contributed by atoms with E-state index in [1.807, 2.05) is 0 Å². The molecular weight excluding hydrogens is 346 g/mol. The van der Waals surface area contributed by atoms with Gasteiger partial charge in [-0.1, -0.05) is 6.07 Å². The topological polar surface area (TPSA) is 77.2 Å². The van der Waals surface area contributed by atoms with Crippen LogP contribution in [0.5, 0.6) is 5.88 Å². The number of amides is 1. The molecule has 128 valence electrons. The van der Waals surface area contributed by atoms with Crippen LogP contribution < -0.4 is 15.8 Å². The molecular formula is C12H18Cl2F3N3O2. The number of nitrogens with one attached hydrogen (secondary N) is 1. The summed E-state index contributed by atoms with van der Waals surface area (Å²) in [6, 6.07) is 3.05. The second kappa shape index (κ2) is 9.02. The van der Waals surface area contributed by atoms with Crippen LogP contribution in [0.15, 0.2) is 18.3 Å². The maximum absolute atomic E-state index is 12.1. The van der Waals surface area contributed by atoms with Crippen LogP contribution in [0.2, 0.25) is 0 Å². The van der Waals surface area contributed by atoms with E-state index < -0.39 is 24.2 Å². The maximum atomic E-state index is 12.1. The van der Waals surface area contributed by atoms with E-state index in [1.54, 1.807) is 0 Å². The number of hydrogen-bond donors (Lipinski definition) is 2. The molecule has 22 heavy (non-hydrogen) atoms. The summed E-state index contributed by atoms with van der Waals surface area (Å²) in [5.74, 6) is -0.594. The van der Waals surface area contributed by atoms with Crippen molar-refractivity contribution in [2.75, 3.05) is 6.61 Å². The Morgan fingerprint density at radius 3 is 2.45 bits per heavy atom. The molecule has 0 saturated heterocycles. The molecule has 0 fully saturated rings. The van der Waals surface area contributed by atoms with Crippen molar-refractivity contribution in [3.8, 4) is 5.88 Å². The van der Waals surface area contributed by atoms with Gasteiger partial charge in [-0.25, -0.2) is 4.98 Å². The van der Waals surface area contributed by atoms with Gasteiger partial charge in [0.25, 0.3) is 0 Å². The molecule has 0 atom stereocenters. The Bertz CT molecular complexity index is 479. The molecule has 1 rings (SSSR count). The fourth-order valence-corrected chi connectivity index (χ4v) is 1.24. The first-order chi connectivity index (χ1) is 9.09. The van der Waals surface area contributed by atoms with Crippen LogP contribution >= 0.6 is 24.8 Å². The number of rotatable bonds is 5. The molecule has 0 radical (unpaired) electrons. The van der Waals surface area contributed by atoms with Crippen LogP contribution in [-0.2, 0) is 11.3 Å². The summed E-state index contributed by atoms with van der Waals surface area (Å²) < 4.78 is 40.9. The molecule has 0 aliphatic carbocycles. The zero-order valence-electron chi connectivity index (χ0n) is 11.9. The van der Waals surface area contributed by atoms with Crippen molar-refractivity contribution >= 4 is 30.7 Å². The van der Waals surface area contributed by atoms with E-state index in [1.165, 1.54) is 32.2 Å². The number of aromatic nitrogens is 1. The van der Waals surface area contributed by atoms with E-state index in [-0.39, 0.29) is 37.2 Å². The van der Waals surface area contributed by atoms with Gasteiger partial charge in [0.1, 0.15) is 0 Å². The standard InChI is InChI=1S/C12H16F3N3O2.2ClH/c1-11(2,16)10(19)18-6-8-4-3-5-17-9(8)20-7-12(13,14)15;;/h3-5H,6-7,16H2,1-2H3,(H,18,19);2*1H. The molecule has 1 aromatic rings. The summed E-state index contributed by atoms with van der Waals surface area (Å²) >= 11 is 0. The van der Waals surface area contributed by atoms with Crippen molar-refractivity contribution in [1.82, 2.24) is 10.3 Å². The lowest BCUT2D eigenvalue weighted by Gasteiger charge is -2.18. The number of carbonyl (C=O) groups excluding carboxylic acids is 1. The Balaban J connectivity index is 0. The van der Waals surface area contributed by atoms with Crippen LogP contribution in [0.4, 0.5) is 13.2 Å². The highest BCUT2D eigenvalue weighted by Gasteiger charge is 2.29. The molecule has 1 heterocycles. The smallest absolute Gasteiger partial charge is 0.422 e. The lowest BCUT2D eigenvalue weighted by Crippen LogP contribution is -2.48. The number of alkyl halides is 3. The van der Waals surface area contributed by atoms with E-state index in [4.69, 9.17) is 5.73 Å². The lowest BCUT2D eigenvalue weighted by atomic mass is 10.1. The second-order valence-corrected chi connectivity index (χ2v) is 4.78. The van der Waals surface area contributed by atoms with Crippen LogP contribution in [0.3, 0.4) is 0 Å².